The summed E-state index contributed by atoms with van der Waals surface area (Å²) < 4.78 is 4.91. The van der Waals surface area contributed by atoms with Gasteiger partial charge in [-0.15, -0.1) is 0 Å². The van der Waals surface area contributed by atoms with Crippen molar-refractivity contribution in [3.05, 3.63) is 119 Å². The first-order chi connectivity index (χ1) is 22.1. The van der Waals surface area contributed by atoms with Gasteiger partial charge in [0.05, 0.1) is 27.3 Å². The largest absolute Gasteiger partial charge is 0.307 e. The highest BCUT2D eigenvalue weighted by molar-refractivity contribution is 6.26. The minimum absolute atomic E-state index is 0.418. The summed E-state index contributed by atoms with van der Waals surface area (Å²) in [5, 5.41) is 6.59. The first-order valence-corrected chi connectivity index (χ1v) is 16.9. The zero-order valence-corrected chi connectivity index (χ0v) is 28.4. The van der Waals surface area contributed by atoms with Crippen LogP contribution in [0.1, 0.15) is 81.5 Å². The van der Waals surface area contributed by atoms with Crippen molar-refractivity contribution < 1.29 is 4.57 Å². The fourth-order valence-electron chi connectivity index (χ4n) is 7.96. The third-order valence-electron chi connectivity index (χ3n) is 10.4. The van der Waals surface area contributed by atoms with E-state index in [2.05, 4.69) is 162 Å². The van der Waals surface area contributed by atoms with E-state index in [4.69, 9.17) is 0 Å². The van der Waals surface area contributed by atoms with Crippen LogP contribution in [0.15, 0.2) is 97.2 Å². The quantitative estimate of drug-likeness (QED) is 0.106. The lowest BCUT2D eigenvalue weighted by atomic mass is 9.81. The van der Waals surface area contributed by atoms with Crippen molar-refractivity contribution in [2.75, 3.05) is 0 Å². The SMILES string of the molecule is Cc1ccc2c3cc(-c4ccccc4)ccc3n3c4cc(-c5c(C(C)C)cc(C(C)C)cc5C(C)C)cc5cc[n+](C)c(c1c23)c54. The Bertz CT molecular complexity index is 2430. The van der Waals surface area contributed by atoms with Gasteiger partial charge in [-0.1, -0.05) is 102 Å². The molecule has 0 amide bonds. The van der Waals surface area contributed by atoms with Crippen LogP contribution in [0.5, 0.6) is 0 Å². The van der Waals surface area contributed by atoms with Crippen molar-refractivity contribution in [2.24, 2.45) is 7.05 Å². The third-order valence-corrected chi connectivity index (χ3v) is 10.4. The maximum Gasteiger partial charge on any atom is 0.224 e. The Morgan fingerprint density at radius 3 is 1.98 bits per heavy atom. The summed E-state index contributed by atoms with van der Waals surface area (Å²) in [7, 11) is 2.20. The van der Waals surface area contributed by atoms with Gasteiger partial charge in [-0.05, 0) is 98.8 Å². The summed E-state index contributed by atoms with van der Waals surface area (Å²) >= 11 is 0. The van der Waals surface area contributed by atoms with Crippen LogP contribution in [0, 0.1) is 6.92 Å². The molecule has 0 atom stereocenters. The Kier molecular flexibility index (Phi) is 6.52. The monoisotopic (exact) mass is 599 g/mol. The fourth-order valence-corrected chi connectivity index (χ4v) is 7.96. The normalized spacial score (nSPS) is 12.5. The molecule has 0 aliphatic rings. The average Bonchev–Trinajstić information content (AvgIpc) is 3.38. The average molecular weight is 600 g/mol. The van der Waals surface area contributed by atoms with E-state index in [0.717, 1.165) is 0 Å². The summed E-state index contributed by atoms with van der Waals surface area (Å²) in [4.78, 5) is 0. The molecule has 0 aliphatic carbocycles. The molecule has 0 fully saturated rings. The van der Waals surface area contributed by atoms with E-state index < -0.39 is 0 Å². The van der Waals surface area contributed by atoms with Crippen molar-refractivity contribution in [2.45, 2.75) is 66.2 Å². The second-order valence-electron chi connectivity index (χ2n) is 14.4. The molecule has 46 heavy (non-hydrogen) atoms. The molecule has 0 unspecified atom stereocenters. The van der Waals surface area contributed by atoms with Gasteiger partial charge in [-0.25, -0.2) is 4.57 Å². The van der Waals surface area contributed by atoms with E-state index in [1.807, 2.05) is 0 Å². The number of hydrogen-bond donors (Lipinski definition) is 0. The topological polar surface area (TPSA) is 8.29 Å². The molecule has 3 heterocycles. The standard InChI is InChI=1S/C44H43N2/c1-25(2)32-22-35(26(3)4)41(36(23-32)27(5)6)33-20-31-18-19-45(8)44-40-28(7)14-16-34-37-21-30(29-12-10-9-11-13-29)15-17-38(37)46(43(34)40)39(24-33)42(31)44/h9-27H,1-8H3/q+1. The number of fused-ring (bicyclic) bond motifs is 5. The van der Waals surface area contributed by atoms with Crippen molar-refractivity contribution in [3.8, 4) is 22.3 Å². The minimum Gasteiger partial charge on any atom is -0.307 e. The number of aromatic nitrogens is 2. The van der Waals surface area contributed by atoms with Gasteiger partial charge < -0.3 is 4.40 Å². The summed E-state index contributed by atoms with van der Waals surface area (Å²) in [5.41, 5.74) is 16.0. The lowest BCUT2D eigenvalue weighted by Crippen LogP contribution is -2.28. The number of rotatable bonds is 5. The zero-order chi connectivity index (χ0) is 32.0. The number of benzene rings is 5. The second kappa shape index (κ2) is 10.4. The van der Waals surface area contributed by atoms with Crippen LogP contribution in [-0.2, 0) is 7.05 Å². The van der Waals surface area contributed by atoms with Crippen molar-refractivity contribution in [1.82, 2.24) is 4.40 Å². The molecule has 0 N–H and O–H groups in total. The first kappa shape index (κ1) is 28.8. The van der Waals surface area contributed by atoms with Crippen molar-refractivity contribution >= 4 is 49.0 Å². The molecule has 0 aliphatic heterocycles. The Balaban J connectivity index is 1.57. The molecule has 3 aromatic heterocycles. The van der Waals surface area contributed by atoms with Gasteiger partial charge in [-0.3, -0.25) is 0 Å². The predicted octanol–water partition coefficient (Wildman–Crippen LogP) is 11.8. The van der Waals surface area contributed by atoms with Gasteiger partial charge in [0.15, 0.2) is 6.20 Å². The van der Waals surface area contributed by atoms with Crippen molar-refractivity contribution in [1.29, 1.82) is 0 Å². The summed E-state index contributed by atoms with van der Waals surface area (Å²) in [6.45, 7) is 16.3. The van der Waals surface area contributed by atoms with E-state index in [-0.39, 0.29) is 0 Å². The molecule has 8 aromatic rings. The molecule has 2 heteroatoms. The highest BCUT2D eigenvalue weighted by Crippen LogP contribution is 2.45. The van der Waals surface area contributed by atoms with E-state index in [0.29, 0.717) is 17.8 Å². The van der Waals surface area contributed by atoms with Crippen LogP contribution in [0.2, 0.25) is 0 Å². The van der Waals surface area contributed by atoms with Crippen LogP contribution in [0.25, 0.3) is 71.3 Å². The maximum atomic E-state index is 2.58. The lowest BCUT2D eigenvalue weighted by molar-refractivity contribution is -0.643. The fraction of sp³-hybridized carbons (Fsp3) is 0.250. The van der Waals surface area contributed by atoms with Gasteiger partial charge in [0.25, 0.3) is 0 Å². The summed E-state index contributed by atoms with van der Waals surface area (Å²) in [6, 6.07) is 34.7. The van der Waals surface area contributed by atoms with Crippen LogP contribution in [0.4, 0.5) is 0 Å². The first-order valence-electron chi connectivity index (χ1n) is 16.9. The highest BCUT2D eigenvalue weighted by atomic mass is 15.0. The Morgan fingerprint density at radius 1 is 0.587 bits per heavy atom. The summed E-state index contributed by atoms with van der Waals surface area (Å²) in [6.07, 6.45) is 2.25. The number of hydrogen-bond acceptors (Lipinski definition) is 0. The summed E-state index contributed by atoms with van der Waals surface area (Å²) in [5.74, 6) is 1.33. The van der Waals surface area contributed by atoms with Gasteiger partial charge in [0.2, 0.25) is 5.52 Å². The number of aryl methyl sites for hydroxylation is 2. The number of nitrogens with zero attached hydrogens (tertiary/aromatic N) is 2. The third kappa shape index (κ3) is 4.12. The molecule has 5 aromatic carbocycles. The molecule has 8 rings (SSSR count). The molecule has 228 valence electrons. The van der Waals surface area contributed by atoms with Gasteiger partial charge in [0, 0.05) is 16.8 Å². The highest BCUT2D eigenvalue weighted by Gasteiger charge is 2.26. The molecule has 0 saturated heterocycles. The maximum absolute atomic E-state index is 2.58. The molecule has 0 radical (unpaired) electrons. The molecule has 0 saturated carbocycles. The Hall–Kier alpha value is -4.69. The van der Waals surface area contributed by atoms with Gasteiger partial charge in [0.1, 0.15) is 7.05 Å². The van der Waals surface area contributed by atoms with E-state index in [1.54, 1.807) is 0 Å². The van der Waals surface area contributed by atoms with E-state index in [9.17, 15) is 0 Å². The molecule has 0 spiro atoms. The van der Waals surface area contributed by atoms with Crippen LogP contribution < -0.4 is 4.57 Å². The minimum atomic E-state index is 0.418. The Labute approximate surface area is 272 Å². The molecular formula is C44H43N2+. The van der Waals surface area contributed by atoms with Crippen LogP contribution >= 0.6 is 0 Å². The Morgan fingerprint density at radius 2 is 1.30 bits per heavy atom. The smallest absolute Gasteiger partial charge is 0.224 e. The molecular weight excluding hydrogens is 556 g/mol. The van der Waals surface area contributed by atoms with E-state index >= 15 is 0 Å². The second-order valence-corrected chi connectivity index (χ2v) is 14.4. The van der Waals surface area contributed by atoms with Crippen LogP contribution in [-0.4, -0.2) is 4.40 Å². The van der Waals surface area contributed by atoms with Crippen molar-refractivity contribution in [3.63, 3.8) is 0 Å². The van der Waals surface area contributed by atoms with Gasteiger partial charge >= 0.3 is 0 Å². The molecule has 0 bridgehead atoms. The number of pyridine rings is 2. The predicted molar refractivity (Wildman–Crippen MR) is 198 cm³/mol. The zero-order valence-electron chi connectivity index (χ0n) is 28.4. The van der Waals surface area contributed by atoms with Gasteiger partial charge in [-0.2, -0.15) is 0 Å². The lowest BCUT2D eigenvalue weighted by Gasteiger charge is -2.24. The van der Waals surface area contributed by atoms with E-state index in [1.165, 1.54) is 93.5 Å². The molecule has 2 nitrogen and oxygen atoms in total. The van der Waals surface area contributed by atoms with Crippen LogP contribution in [0.3, 0.4) is 0 Å².